The summed E-state index contributed by atoms with van der Waals surface area (Å²) < 4.78 is 0. The molecule has 1 aromatic carbocycles. The third-order valence-corrected chi connectivity index (χ3v) is 3.23. The fourth-order valence-corrected chi connectivity index (χ4v) is 1.63. The fraction of sp³-hybridized carbons (Fsp3) is 0.417. The number of urea groups is 1. The first-order chi connectivity index (χ1) is 8.43. The monoisotopic (exact) mass is 290 g/mol. The number of aliphatic hydroxyl groups is 1. The van der Waals surface area contributed by atoms with Gasteiger partial charge in [-0.25, -0.2) is 4.79 Å². The Labute approximate surface area is 116 Å². The molecule has 0 bridgehead atoms. The number of benzene rings is 1. The molecule has 2 amide bonds. The number of carbonyl (C=O) groups is 1. The van der Waals surface area contributed by atoms with Gasteiger partial charge in [0.05, 0.1) is 22.7 Å². The Morgan fingerprint density at radius 2 is 2.00 bits per heavy atom. The third-order valence-electron chi connectivity index (χ3n) is 2.50. The Kier molecular flexibility index (Phi) is 5.72. The Morgan fingerprint density at radius 1 is 1.33 bits per heavy atom. The molecule has 0 fully saturated rings. The van der Waals surface area contributed by atoms with E-state index in [2.05, 4.69) is 10.6 Å². The number of nitrogens with one attached hydrogen (secondary N) is 2. The fourth-order valence-electron chi connectivity index (χ4n) is 1.33. The highest BCUT2D eigenvalue weighted by atomic mass is 35.5. The number of rotatable bonds is 4. The molecule has 1 unspecified atom stereocenters. The number of amides is 2. The van der Waals surface area contributed by atoms with Crippen LogP contribution in [0.25, 0.3) is 0 Å². The average molecular weight is 291 g/mol. The summed E-state index contributed by atoms with van der Waals surface area (Å²) in [5.41, 5.74) is 0.544. The maximum atomic E-state index is 11.7. The Hall–Kier alpha value is -0.970. The predicted molar refractivity (Wildman–Crippen MR) is 74.3 cm³/mol. The minimum Gasteiger partial charge on any atom is -0.394 e. The Morgan fingerprint density at radius 3 is 2.50 bits per heavy atom. The topological polar surface area (TPSA) is 61.4 Å². The minimum absolute atomic E-state index is 0.105. The van der Waals surface area contributed by atoms with Crippen molar-refractivity contribution in [3.05, 3.63) is 28.2 Å². The van der Waals surface area contributed by atoms with E-state index in [1.165, 1.54) is 0 Å². The van der Waals surface area contributed by atoms with Gasteiger partial charge in [-0.3, -0.25) is 0 Å². The van der Waals surface area contributed by atoms with Crippen molar-refractivity contribution in [3.8, 4) is 0 Å². The van der Waals surface area contributed by atoms with Crippen molar-refractivity contribution in [3.63, 3.8) is 0 Å². The SMILES string of the molecule is CC(C)C(CO)NC(=O)Nc1ccc(Cl)c(Cl)c1. The van der Waals surface area contributed by atoms with Crippen LogP contribution in [0.5, 0.6) is 0 Å². The van der Waals surface area contributed by atoms with Gasteiger partial charge < -0.3 is 15.7 Å². The molecule has 4 nitrogen and oxygen atoms in total. The number of halogens is 2. The molecule has 0 saturated heterocycles. The van der Waals surface area contributed by atoms with Crippen molar-refractivity contribution < 1.29 is 9.90 Å². The highest BCUT2D eigenvalue weighted by Crippen LogP contribution is 2.24. The maximum absolute atomic E-state index is 11.7. The van der Waals surface area contributed by atoms with E-state index in [1.807, 2.05) is 13.8 Å². The van der Waals surface area contributed by atoms with Crippen LogP contribution in [0.2, 0.25) is 10.0 Å². The summed E-state index contributed by atoms with van der Waals surface area (Å²) >= 11 is 11.6. The first kappa shape index (κ1) is 15.1. The summed E-state index contributed by atoms with van der Waals surface area (Å²) in [7, 11) is 0. The lowest BCUT2D eigenvalue weighted by Gasteiger charge is -2.20. The lowest BCUT2D eigenvalue weighted by molar-refractivity contribution is 0.204. The van der Waals surface area contributed by atoms with E-state index in [0.717, 1.165) is 0 Å². The van der Waals surface area contributed by atoms with Crippen LogP contribution in [0.1, 0.15) is 13.8 Å². The van der Waals surface area contributed by atoms with Gasteiger partial charge in [0, 0.05) is 5.69 Å². The largest absolute Gasteiger partial charge is 0.394 e. The number of carbonyl (C=O) groups excluding carboxylic acids is 1. The lowest BCUT2D eigenvalue weighted by atomic mass is 10.1. The van der Waals surface area contributed by atoms with Crippen LogP contribution < -0.4 is 10.6 Å². The van der Waals surface area contributed by atoms with Gasteiger partial charge in [0.25, 0.3) is 0 Å². The molecule has 1 atom stereocenters. The lowest BCUT2D eigenvalue weighted by Crippen LogP contribution is -2.43. The number of aliphatic hydroxyl groups excluding tert-OH is 1. The van der Waals surface area contributed by atoms with Crippen molar-refractivity contribution in [2.75, 3.05) is 11.9 Å². The average Bonchev–Trinajstić information content (AvgIpc) is 2.30. The van der Waals surface area contributed by atoms with E-state index in [-0.39, 0.29) is 24.6 Å². The van der Waals surface area contributed by atoms with Crippen molar-refractivity contribution in [2.45, 2.75) is 19.9 Å². The zero-order chi connectivity index (χ0) is 13.7. The molecular formula is C12H16Cl2N2O2. The zero-order valence-corrected chi connectivity index (χ0v) is 11.7. The van der Waals surface area contributed by atoms with Crippen LogP contribution in [0, 0.1) is 5.92 Å². The number of hydrogen-bond donors (Lipinski definition) is 3. The molecule has 0 spiro atoms. The first-order valence-corrected chi connectivity index (χ1v) is 6.33. The summed E-state index contributed by atoms with van der Waals surface area (Å²) in [5.74, 6) is 0.148. The van der Waals surface area contributed by atoms with E-state index in [4.69, 9.17) is 28.3 Å². The van der Waals surface area contributed by atoms with Crippen LogP contribution in [-0.4, -0.2) is 23.8 Å². The molecule has 0 radical (unpaired) electrons. The van der Waals surface area contributed by atoms with Gasteiger partial charge in [0.2, 0.25) is 0 Å². The van der Waals surface area contributed by atoms with Crippen molar-refractivity contribution in [2.24, 2.45) is 5.92 Å². The highest BCUT2D eigenvalue weighted by Gasteiger charge is 2.15. The second-order valence-electron chi connectivity index (χ2n) is 4.26. The van der Waals surface area contributed by atoms with Gasteiger partial charge >= 0.3 is 6.03 Å². The molecule has 1 rings (SSSR count). The van der Waals surface area contributed by atoms with Gasteiger partial charge in [-0.15, -0.1) is 0 Å². The minimum atomic E-state index is -0.388. The molecule has 100 valence electrons. The molecule has 18 heavy (non-hydrogen) atoms. The molecule has 1 aromatic rings. The van der Waals surface area contributed by atoms with E-state index in [1.54, 1.807) is 18.2 Å². The summed E-state index contributed by atoms with van der Waals surface area (Å²) in [5, 5.41) is 15.2. The highest BCUT2D eigenvalue weighted by molar-refractivity contribution is 6.42. The quantitative estimate of drug-likeness (QED) is 0.798. The predicted octanol–water partition coefficient (Wildman–Crippen LogP) is 3.13. The Bertz CT molecular complexity index is 425. The van der Waals surface area contributed by atoms with Gasteiger partial charge in [0.15, 0.2) is 0 Å². The van der Waals surface area contributed by atoms with Crippen molar-refractivity contribution in [1.29, 1.82) is 0 Å². The van der Waals surface area contributed by atoms with Crippen LogP contribution in [0.15, 0.2) is 18.2 Å². The van der Waals surface area contributed by atoms with Gasteiger partial charge in [-0.2, -0.15) is 0 Å². The van der Waals surface area contributed by atoms with Crippen LogP contribution in [0.4, 0.5) is 10.5 Å². The molecule has 6 heteroatoms. The Balaban J connectivity index is 2.61. The van der Waals surface area contributed by atoms with E-state index >= 15 is 0 Å². The second-order valence-corrected chi connectivity index (χ2v) is 5.07. The molecular weight excluding hydrogens is 275 g/mol. The molecule has 0 saturated carbocycles. The van der Waals surface area contributed by atoms with Crippen molar-refractivity contribution in [1.82, 2.24) is 5.32 Å². The summed E-state index contributed by atoms with van der Waals surface area (Å²) in [6.45, 7) is 3.73. The summed E-state index contributed by atoms with van der Waals surface area (Å²) in [6.07, 6.45) is 0. The molecule has 0 aliphatic carbocycles. The van der Waals surface area contributed by atoms with E-state index in [0.29, 0.717) is 15.7 Å². The second kappa shape index (κ2) is 6.83. The van der Waals surface area contributed by atoms with Crippen LogP contribution in [-0.2, 0) is 0 Å². The van der Waals surface area contributed by atoms with E-state index in [9.17, 15) is 4.79 Å². The van der Waals surface area contributed by atoms with Gasteiger partial charge in [-0.1, -0.05) is 37.0 Å². The summed E-state index contributed by atoms with van der Waals surface area (Å²) in [6, 6.07) is 4.14. The third kappa shape index (κ3) is 4.37. The molecule has 0 aliphatic heterocycles. The standard InChI is InChI=1S/C12H16Cl2N2O2/c1-7(2)11(6-17)16-12(18)15-8-3-4-9(13)10(14)5-8/h3-5,7,11,17H,6H2,1-2H3,(H2,15,16,18). The molecule has 0 heterocycles. The number of anilines is 1. The summed E-state index contributed by atoms with van der Waals surface area (Å²) in [4.78, 5) is 11.7. The van der Waals surface area contributed by atoms with Gasteiger partial charge in [0.1, 0.15) is 0 Å². The van der Waals surface area contributed by atoms with Crippen molar-refractivity contribution >= 4 is 34.9 Å². The normalized spacial score (nSPS) is 12.3. The first-order valence-electron chi connectivity index (χ1n) is 5.57. The van der Waals surface area contributed by atoms with E-state index < -0.39 is 0 Å². The molecule has 0 aromatic heterocycles. The van der Waals surface area contributed by atoms with Crippen LogP contribution in [0.3, 0.4) is 0 Å². The smallest absolute Gasteiger partial charge is 0.319 e. The molecule has 3 N–H and O–H groups in total. The molecule has 0 aliphatic rings. The number of hydrogen-bond acceptors (Lipinski definition) is 2. The van der Waals surface area contributed by atoms with Gasteiger partial charge in [-0.05, 0) is 24.1 Å². The van der Waals surface area contributed by atoms with Crippen LogP contribution >= 0.6 is 23.2 Å². The zero-order valence-electron chi connectivity index (χ0n) is 10.2. The maximum Gasteiger partial charge on any atom is 0.319 e.